The van der Waals surface area contributed by atoms with E-state index in [0.29, 0.717) is 15.7 Å². The van der Waals surface area contributed by atoms with Gasteiger partial charge in [0.05, 0.1) is 38.9 Å². The van der Waals surface area contributed by atoms with Crippen molar-refractivity contribution in [1.82, 2.24) is 0 Å². The number of hydrogen-bond acceptors (Lipinski definition) is 7. The largest absolute Gasteiger partial charge is 0.495 e. The minimum absolute atomic E-state index is 0.0626. The van der Waals surface area contributed by atoms with Gasteiger partial charge >= 0.3 is 11.9 Å². The number of esters is 2. The monoisotopic (exact) mass is 300 g/mol. The Kier molecular flexibility index (Phi) is 5.57. The second-order valence-electron chi connectivity index (χ2n) is 3.65. The predicted octanol–water partition coefficient (Wildman–Crippen LogP) is 1.80. The van der Waals surface area contributed by atoms with E-state index in [1.807, 2.05) is 0 Å². The molecule has 110 valence electrons. The average molecular weight is 300 g/mol. The number of thiophene rings is 1. The molecule has 0 amide bonds. The van der Waals surface area contributed by atoms with E-state index in [4.69, 9.17) is 9.47 Å². The van der Waals surface area contributed by atoms with Crippen molar-refractivity contribution in [3.8, 4) is 10.8 Å². The fourth-order valence-corrected chi connectivity index (χ4v) is 2.70. The number of hydrogen-bond donors (Lipinski definition) is 0. The van der Waals surface area contributed by atoms with E-state index in [1.54, 1.807) is 6.92 Å². The van der Waals surface area contributed by atoms with Gasteiger partial charge in [0, 0.05) is 11.6 Å². The zero-order chi connectivity index (χ0) is 15.3. The van der Waals surface area contributed by atoms with Gasteiger partial charge in [-0.1, -0.05) is 11.3 Å². The zero-order valence-electron chi connectivity index (χ0n) is 11.9. The predicted molar refractivity (Wildman–Crippen MR) is 74.2 cm³/mol. The third kappa shape index (κ3) is 3.11. The summed E-state index contributed by atoms with van der Waals surface area (Å²) in [6, 6.07) is 0. The molecule has 0 bridgehead atoms. The van der Waals surface area contributed by atoms with Crippen LogP contribution in [0.4, 0.5) is 0 Å². The topological polar surface area (TPSA) is 71.1 Å². The molecule has 6 nitrogen and oxygen atoms in total. The standard InChI is InChI=1S/C13H16O6S/c1-7-10(17-3)11(20-13(7)19-5)8(12(15)18-4)6-9(14)16-2/h6H,1-5H3/b8-6-. The minimum Gasteiger partial charge on any atom is -0.495 e. The number of methoxy groups -OCH3 is 4. The van der Waals surface area contributed by atoms with E-state index in [0.717, 1.165) is 11.6 Å². The highest BCUT2D eigenvalue weighted by atomic mass is 32.1. The molecular formula is C13H16O6S. The van der Waals surface area contributed by atoms with Crippen LogP contribution in [0.2, 0.25) is 0 Å². The molecule has 20 heavy (non-hydrogen) atoms. The van der Waals surface area contributed by atoms with Gasteiger partial charge in [0.25, 0.3) is 0 Å². The first-order chi connectivity index (χ1) is 9.49. The molecular weight excluding hydrogens is 284 g/mol. The van der Waals surface area contributed by atoms with Crippen LogP contribution in [-0.2, 0) is 19.1 Å². The number of rotatable bonds is 5. The number of carbonyl (C=O) groups excluding carboxylic acids is 2. The minimum atomic E-state index is -0.655. The Morgan fingerprint density at radius 2 is 1.70 bits per heavy atom. The van der Waals surface area contributed by atoms with Crippen molar-refractivity contribution in [3.63, 3.8) is 0 Å². The van der Waals surface area contributed by atoms with Crippen LogP contribution in [0.15, 0.2) is 6.08 Å². The van der Waals surface area contributed by atoms with Crippen LogP contribution in [0.25, 0.3) is 5.57 Å². The van der Waals surface area contributed by atoms with Gasteiger partial charge in [0.2, 0.25) is 0 Å². The Morgan fingerprint density at radius 1 is 1.05 bits per heavy atom. The second kappa shape index (κ2) is 6.95. The van der Waals surface area contributed by atoms with Crippen molar-refractivity contribution >= 4 is 28.8 Å². The fraction of sp³-hybridized carbons (Fsp3) is 0.385. The van der Waals surface area contributed by atoms with Crippen molar-refractivity contribution < 1.29 is 28.5 Å². The summed E-state index contributed by atoms with van der Waals surface area (Å²) in [4.78, 5) is 23.7. The molecule has 0 saturated heterocycles. The molecule has 1 rings (SSSR count). The normalized spacial score (nSPS) is 10.9. The highest BCUT2D eigenvalue weighted by Crippen LogP contribution is 2.44. The Morgan fingerprint density at radius 3 is 2.15 bits per heavy atom. The number of ether oxygens (including phenoxy) is 4. The maximum absolute atomic E-state index is 11.9. The lowest BCUT2D eigenvalue weighted by atomic mass is 10.1. The smallest absolute Gasteiger partial charge is 0.339 e. The first-order valence-corrected chi connectivity index (χ1v) is 6.41. The van der Waals surface area contributed by atoms with E-state index < -0.39 is 11.9 Å². The Balaban J connectivity index is 3.45. The van der Waals surface area contributed by atoms with E-state index in [-0.39, 0.29) is 5.57 Å². The first kappa shape index (κ1) is 16.0. The van der Waals surface area contributed by atoms with Gasteiger partial charge in [-0.2, -0.15) is 0 Å². The van der Waals surface area contributed by atoms with E-state index in [1.165, 1.54) is 39.8 Å². The van der Waals surface area contributed by atoms with Crippen LogP contribution >= 0.6 is 11.3 Å². The maximum Gasteiger partial charge on any atom is 0.339 e. The van der Waals surface area contributed by atoms with Crippen LogP contribution in [0.3, 0.4) is 0 Å². The second-order valence-corrected chi connectivity index (χ2v) is 4.64. The first-order valence-electron chi connectivity index (χ1n) is 5.59. The highest BCUT2D eigenvalue weighted by Gasteiger charge is 2.25. The van der Waals surface area contributed by atoms with Gasteiger partial charge < -0.3 is 18.9 Å². The lowest BCUT2D eigenvalue weighted by Gasteiger charge is -2.06. The van der Waals surface area contributed by atoms with Crippen LogP contribution in [0, 0.1) is 6.92 Å². The van der Waals surface area contributed by atoms with Gasteiger partial charge in [0.15, 0.2) is 5.06 Å². The van der Waals surface area contributed by atoms with Crippen molar-refractivity contribution in [2.75, 3.05) is 28.4 Å². The maximum atomic E-state index is 11.9. The highest BCUT2D eigenvalue weighted by molar-refractivity contribution is 7.16. The van der Waals surface area contributed by atoms with Gasteiger partial charge in [-0.05, 0) is 6.92 Å². The molecule has 0 saturated carbocycles. The Labute approximate surface area is 120 Å². The summed E-state index contributed by atoms with van der Waals surface area (Å²) in [6.45, 7) is 1.80. The van der Waals surface area contributed by atoms with Crippen molar-refractivity contribution in [2.45, 2.75) is 6.92 Å². The molecule has 1 aromatic heterocycles. The van der Waals surface area contributed by atoms with Crippen LogP contribution in [-0.4, -0.2) is 40.4 Å². The lowest BCUT2D eigenvalue weighted by Crippen LogP contribution is -2.07. The molecule has 0 aliphatic heterocycles. The molecule has 0 spiro atoms. The van der Waals surface area contributed by atoms with Crippen molar-refractivity contribution in [1.29, 1.82) is 0 Å². The van der Waals surface area contributed by atoms with E-state index in [2.05, 4.69) is 9.47 Å². The quantitative estimate of drug-likeness (QED) is 0.610. The summed E-state index contributed by atoms with van der Waals surface area (Å²) in [6.07, 6.45) is 1.07. The molecule has 0 aliphatic rings. The molecule has 0 aromatic carbocycles. The molecule has 0 fully saturated rings. The fourth-order valence-electron chi connectivity index (χ4n) is 1.60. The molecule has 0 unspecified atom stereocenters. The summed E-state index contributed by atoms with van der Waals surface area (Å²) in [5.74, 6) is -0.845. The summed E-state index contributed by atoms with van der Waals surface area (Å²) in [5, 5.41) is 0.594. The zero-order valence-corrected chi connectivity index (χ0v) is 12.8. The van der Waals surface area contributed by atoms with Crippen LogP contribution in [0.1, 0.15) is 10.4 Å². The summed E-state index contributed by atoms with van der Waals surface area (Å²) in [7, 11) is 5.46. The average Bonchev–Trinajstić information content (AvgIpc) is 2.79. The third-order valence-corrected chi connectivity index (χ3v) is 3.82. The van der Waals surface area contributed by atoms with Gasteiger partial charge in [-0.25, -0.2) is 9.59 Å². The van der Waals surface area contributed by atoms with Gasteiger partial charge in [-0.15, -0.1) is 0 Å². The molecule has 0 radical (unpaired) electrons. The molecule has 7 heteroatoms. The summed E-state index contributed by atoms with van der Waals surface area (Å²) >= 11 is 1.19. The molecule has 0 atom stereocenters. The molecule has 1 heterocycles. The van der Waals surface area contributed by atoms with E-state index >= 15 is 0 Å². The molecule has 0 aliphatic carbocycles. The van der Waals surface area contributed by atoms with E-state index in [9.17, 15) is 9.59 Å². The summed E-state index contributed by atoms with van der Waals surface area (Å²) in [5.41, 5.74) is 0.808. The Hall–Kier alpha value is -2.02. The molecule has 0 N–H and O–H groups in total. The third-order valence-electron chi connectivity index (χ3n) is 2.55. The number of carbonyl (C=O) groups is 2. The summed E-state index contributed by atoms with van der Waals surface area (Å²) < 4.78 is 19.7. The van der Waals surface area contributed by atoms with Crippen LogP contribution < -0.4 is 9.47 Å². The van der Waals surface area contributed by atoms with Crippen molar-refractivity contribution in [3.05, 3.63) is 16.5 Å². The van der Waals surface area contributed by atoms with Crippen molar-refractivity contribution in [2.24, 2.45) is 0 Å². The van der Waals surface area contributed by atoms with Gasteiger partial charge in [-0.3, -0.25) is 0 Å². The van der Waals surface area contributed by atoms with Gasteiger partial charge in [0.1, 0.15) is 5.75 Å². The molecule has 1 aromatic rings. The lowest BCUT2D eigenvalue weighted by molar-refractivity contribution is -0.136. The Bertz CT molecular complexity index is 543. The SMILES string of the molecule is COC(=O)/C=C(\C(=O)OC)c1sc(OC)c(C)c1OC. The van der Waals surface area contributed by atoms with Crippen LogP contribution in [0.5, 0.6) is 10.8 Å².